The number of fused-ring (bicyclic) bond motifs is 1. The van der Waals surface area contributed by atoms with Crippen LogP contribution in [-0.2, 0) is 6.42 Å². The highest BCUT2D eigenvalue weighted by Crippen LogP contribution is 2.35. The van der Waals surface area contributed by atoms with Crippen LogP contribution < -0.4 is 5.32 Å². The lowest BCUT2D eigenvalue weighted by Gasteiger charge is -2.07. The van der Waals surface area contributed by atoms with Crippen molar-refractivity contribution in [2.24, 2.45) is 0 Å². The predicted octanol–water partition coefficient (Wildman–Crippen LogP) is 2.00. The molecule has 0 fully saturated rings. The first-order chi connectivity index (χ1) is 5.42. The molecule has 0 radical (unpaired) electrons. The molecule has 2 heteroatoms. The van der Waals surface area contributed by atoms with Gasteiger partial charge in [0, 0.05) is 11.4 Å². The van der Waals surface area contributed by atoms with Gasteiger partial charge in [-0.25, -0.2) is 0 Å². The van der Waals surface area contributed by atoms with Gasteiger partial charge >= 0.3 is 0 Å². The van der Waals surface area contributed by atoms with E-state index in [-0.39, 0.29) is 0 Å². The summed E-state index contributed by atoms with van der Waals surface area (Å²) in [6.07, 6.45) is 2.65. The van der Waals surface area contributed by atoms with Gasteiger partial charge in [0.2, 0.25) is 0 Å². The molecule has 0 spiro atoms. The second-order valence-electron chi connectivity index (χ2n) is 3.09. The number of thiophene rings is 1. The van der Waals surface area contributed by atoms with Gasteiger partial charge in [-0.05, 0) is 42.8 Å². The minimum atomic E-state index is 0.793. The third kappa shape index (κ3) is 1.21. The van der Waals surface area contributed by atoms with Crippen molar-refractivity contribution in [1.82, 2.24) is 5.32 Å². The largest absolute Gasteiger partial charge is 0.319 e. The standard InChI is InChI=1S/C9H13NS/c1-10-6-7-2-3-9-8(7)4-5-11-9/h4-5,7,10H,2-3,6H2,1H3/t7-/m0/s1. The van der Waals surface area contributed by atoms with Gasteiger partial charge in [-0.1, -0.05) is 0 Å². The van der Waals surface area contributed by atoms with Crippen molar-refractivity contribution >= 4 is 11.3 Å². The summed E-state index contributed by atoms with van der Waals surface area (Å²) in [7, 11) is 2.03. The molecule has 0 saturated heterocycles. The van der Waals surface area contributed by atoms with Gasteiger partial charge in [0.1, 0.15) is 0 Å². The molecule has 60 valence electrons. The minimum absolute atomic E-state index is 0.793. The smallest absolute Gasteiger partial charge is 0.00807 e. The number of nitrogens with one attached hydrogen (secondary N) is 1. The molecule has 0 aliphatic heterocycles. The van der Waals surface area contributed by atoms with Crippen LogP contribution in [0.2, 0.25) is 0 Å². The fourth-order valence-electron chi connectivity index (χ4n) is 1.84. The zero-order valence-corrected chi connectivity index (χ0v) is 7.58. The minimum Gasteiger partial charge on any atom is -0.319 e. The van der Waals surface area contributed by atoms with Gasteiger partial charge in [-0.3, -0.25) is 0 Å². The van der Waals surface area contributed by atoms with E-state index in [1.165, 1.54) is 12.8 Å². The Bertz CT molecular complexity index is 241. The van der Waals surface area contributed by atoms with Crippen LogP contribution in [0.5, 0.6) is 0 Å². The van der Waals surface area contributed by atoms with Crippen LogP contribution in [0.1, 0.15) is 22.8 Å². The third-order valence-electron chi connectivity index (χ3n) is 2.39. The molecule has 0 amide bonds. The Kier molecular flexibility index (Phi) is 1.96. The predicted molar refractivity (Wildman–Crippen MR) is 49.3 cm³/mol. The fourth-order valence-corrected chi connectivity index (χ4v) is 2.82. The quantitative estimate of drug-likeness (QED) is 0.710. The van der Waals surface area contributed by atoms with Crippen molar-refractivity contribution < 1.29 is 0 Å². The van der Waals surface area contributed by atoms with E-state index < -0.39 is 0 Å². The van der Waals surface area contributed by atoms with Crippen molar-refractivity contribution in [2.75, 3.05) is 13.6 Å². The van der Waals surface area contributed by atoms with Crippen molar-refractivity contribution in [3.05, 3.63) is 21.9 Å². The first-order valence-electron chi connectivity index (χ1n) is 4.12. The molecule has 1 nitrogen and oxygen atoms in total. The summed E-state index contributed by atoms with van der Waals surface area (Å²) in [4.78, 5) is 1.62. The molecule has 1 atom stereocenters. The summed E-state index contributed by atoms with van der Waals surface area (Å²) < 4.78 is 0. The first kappa shape index (κ1) is 7.32. The summed E-state index contributed by atoms with van der Waals surface area (Å²) in [5.74, 6) is 0.793. The summed E-state index contributed by atoms with van der Waals surface area (Å²) in [6.45, 7) is 1.14. The first-order valence-corrected chi connectivity index (χ1v) is 5.00. The molecule has 0 unspecified atom stereocenters. The molecule has 0 saturated carbocycles. The molecule has 1 heterocycles. The van der Waals surface area contributed by atoms with Crippen LogP contribution in [0.4, 0.5) is 0 Å². The van der Waals surface area contributed by atoms with Crippen LogP contribution in [0.25, 0.3) is 0 Å². The summed E-state index contributed by atoms with van der Waals surface area (Å²) in [5.41, 5.74) is 1.60. The summed E-state index contributed by atoms with van der Waals surface area (Å²) in [6, 6.07) is 2.29. The van der Waals surface area contributed by atoms with E-state index in [1.807, 2.05) is 18.4 Å². The zero-order valence-electron chi connectivity index (χ0n) is 6.76. The maximum Gasteiger partial charge on any atom is 0.00807 e. The Hall–Kier alpha value is -0.340. The maximum absolute atomic E-state index is 3.24. The van der Waals surface area contributed by atoms with E-state index in [9.17, 15) is 0 Å². The lowest BCUT2D eigenvalue weighted by atomic mass is 10.0. The topological polar surface area (TPSA) is 12.0 Å². The number of likely N-dealkylation sites (N-methyl/N-ethyl adjacent to an activating group) is 1. The Morgan fingerprint density at radius 2 is 2.64 bits per heavy atom. The van der Waals surface area contributed by atoms with Crippen molar-refractivity contribution in [1.29, 1.82) is 0 Å². The van der Waals surface area contributed by atoms with Crippen LogP contribution in [-0.4, -0.2) is 13.6 Å². The van der Waals surface area contributed by atoms with Gasteiger partial charge in [-0.2, -0.15) is 0 Å². The van der Waals surface area contributed by atoms with E-state index >= 15 is 0 Å². The van der Waals surface area contributed by atoms with Crippen molar-refractivity contribution in [3.63, 3.8) is 0 Å². The van der Waals surface area contributed by atoms with Gasteiger partial charge in [0.15, 0.2) is 0 Å². The van der Waals surface area contributed by atoms with E-state index in [0.717, 1.165) is 12.5 Å². The summed E-state index contributed by atoms with van der Waals surface area (Å²) >= 11 is 1.91. The number of rotatable bonds is 2. The second-order valence-corrected chi connectivity index (χ2v) is 4.09. The van der Waals surface area contributed by atoms with Crippen molar-refractivity contribution in [2.45, 2.75) is 18.8 Å². The molecular formula is C9H13NS. The van der Waals surface area contributed by atoms with E-state index in [2.05, 4.69) is 16.8 Å². The molecule has 0 bridgehead atoms. The monoisotopic (exact) mass is 167 g/mol. The molecule has 1 aromatic rings. The molecule has 1 aliphatic rings. The van der Waals surface area contributed by atoms with E-state index in [4.69, 9.17) is 0 Å². The van der Waals surface area contributed by atoms with Gasteiger partial charge in [0.25, 0.3) is 0 Å². The Balaban J connectivity index is 2.18. The number of hydrogen-bond donors (Lipinski definition) is 1. The Morgan fingerprint density at radius 3 is 3.45 bits per heavy atom. The Morgan fingerprint density at radius 1 is 1.73 bits per heavy atom. The zero-order chi connectivity index (χ0) is 7.68. The molecule has 0 aromatic carbocycles. The lowest BCUT2D eigenvalue weighted by Crippen LogP contribution is -2.14. The molecule has 2 rings (SSSR count). The summed E-state index contributed by atoms with van der Waals surface area (Å²) in [5, 5.41) is 5.46. The highest BCUT2D eigenvalue weighted by Gasteiger charge is 2.22. The highest BCUT2D eigenvalue weighted by molar-refractivity contribution is 7.10. The van der Waals surface area contributed by atoms with Gasteiger partial charge in [-0.15, -0.1) is 11.3 Å². The van der Waals surface area contributed by atoms with Crippen molar-refractivity contribution in [3.8, 4) is 0 Å². The van der Waals surface area contributed by atoms with Crippen LogP contribution >= 0.6 is 11.3 Å². The molecule has 1 aliphatic carbocycles. The molecule has 11 heavy (non-hydrogen) atoms. The molecule has 1 aromatic heterocycles. The highest BCUT2D eigenvalue weighted by atomic mass is 32.1. The molecular weight excluding hydrogens is 154 g/mol. The van der Waals surface area contributed by atoms with E-state index in [1.54, 1.807) is 10.4 Å². The average Bonchev–Trinajstić information content (AvgIpc) is 2.53. The Labute approximate surface area is 71.4 Å². The average molecular weight is 167 g/mol. The molecule has 1 N–H and O–H groups in total. The van der Waals surface area contributed by atoms with Gasteiger partial charge < -0.3 is 5.32 Å². The normalized spacial score (nSPS) is 22.1. The second kappa shape index (κ2) is 2.95. The van der Waals surface area contributed by atoms with Crippen LogP contribution in [0.3, 0.4) is 0 Å². The number of hydrogen-bond acceptors (Lipinski definition) is 2. The van der Waals surface area contributed by atoms with E-state index in [0.29, 0.717) is 0 Å². The fraction of sp³-hybridized carbons (Fsp3) is 0.556. The van der Waals surface area contributed by atoms with Crippen LogP contribution in [0.15, 0.2) is 11.4 Å². The SMILES string of the molecule is CNC[C@@H]1CCc2sccc21. The third-order valence-corrected chi connectivity index (χ3v) is 3.39. The van der Waals surface area contributed by atoms with Gasteiger partial charge in [0.05, 0.1) is 0 Å². The number of aryl methyl sites for hydroxylation is 1. The maximum atomic E-state index is 3.24. The lowest BCUT2D eigenvalue weighted by molar-refractivity contribution is 0.623. The van der Waals surface area contributed by atoms with Crippen LogP contribution in [0, 0.1) is 0 Å².